The second kappa shape index (κ2) is 5.65. The number of hydrogen-bond donors (Lipinski definition) is 1. The average Bonchev–Trinajstić information content (AvgIpc) is 3.10. The van der Waals surface area contributed by atoms with Crippen molar-refractivity contribution in [2.24, 2.45) is 0 Å². The molecule has 0 aliphatic carbocycles. The fourth-order valence-corrected chi connectivity index (χ4v) is 3.05. The molecule has 2 aromatic rings. The number of nitrogens with zero attached hydrogens (tertiary/aromatic N) is 2. The van der Waals surface area contributed by atoms with Gasteiger partial charge in [-0.2, -0.15) is 0 Å². The SMILES string of the molecule is CCN1C(=O)CC(Nc2ccc(-c3nccs3)cc2)C1=O. The molecule has 2 amide bonds. The first-order valence-electron chi connectivity index (χ1n) is 6.79. The van der Waals surface area contributed by atoms with E-state index in [-0.39, 0.29) is 18.2 Å². The molecule has 108 valence electrons. The second-order valence-electron chi connectivity index (χ2n) is 4.79. The Morgan fingerprint density at radius 2 is 2.10 bits per heavy atom. The molecule has 1 atom stereocenters. The maximum atomic E-state index is 12.0. The topological polar surface area (TPSA) is 62.3 Å². The van der Waals surface area contributed by atoms with Crippen LogP contribution in [0.5, 0.6) is 0 Å². The summed E-state index contributed by atoms with van der Waals surface area (Å²) in [6.07, 6.45) is 2.00. The van der Waals surface area contributed by atoms with Crippen molar-refractivity contribution in [2.45, 2.75) is 19.4 Å². The number of amides is 2. The number of carbonyl (C=O) groups excluding carboxylic acids is 2. The third-order valence-electron chi connectivity index (χ3n) is 3.47. The number of rotatable bonds is 4. The van der Waals surface area contributed by atoms with Gasteiger partial charge in [0.2, 0.25) is 5.91 Å². The third-order valence-corrected chi connectivity index (χ3v) is 4.29. The van der Waals surface area contributed by atoms with Crippen LogP contribution in [-0.2, 0) is 9.59 Å². The Balaban J connectivity index is 1.71. The summed E-state index contributed by atoms with van der Waals surface area (Å²) in [5.74, 6) is -0.258. The largest absolute Gasteiger partial charge is 0.373 e. The minimum Gasteiger partial charge on any atom is -0.373 e. The Morgan fingerprint density at radius 1 is 1.33 bits per heavy atom. The Labute approximate surface area is 126 Å². The highest BCUT2D eigenvalue weighted by Gasteiger charge is 2.37. The van der Waals surface area contributed by atoms with E-state index in [1.54, 1.807) is 24.5 Å². The Kier molecular flexibility index (Phi) is 3.70. The van der Waals surface area contributed by atoms with E-state index in [4.69, 9.17) is 0 Å². The summed E-state index contributed by atoms with van der Waals surface area (Å²) >= 11 is 1.58. The van der Waals surface area contributed by atoms with Crippen LogP contribution in [0.15, 0.2) is 35.8 Å². The zero-order valence-corrected chi connectivity index (χ0v) is 12.4. The number of nitrogens with one attached hydrogen (secondary N) is 1. The number of anilines is 1. The van der Waals surface area contributed by atoms with Crippen molar-refractivity contribution in [1.82, 2.24) is 9.88 Å². The minimum absolute atomic E-state index is 0.112. The monoisotopic (exact) mass is 301 g/mol. The predicted octanol–water partition coefficient (Wildman–Crippen LogP) is 2.37. The van der Waals surface area contributed by atoms with Crippen LogP contribution in [0.2, 0.25) is 0 Å². The highest BCUT2D eigenvalue weighted by Crippen LogP contribution is 2.24. The molecule has 1 fully saturated rings. The maximum Gasteiger partial charge on any atom is 0.252 e. The van der Waals surface area contributed by atoms with Crippen LogP contribution in [-0.4, -0.2) is 34.3 Å². The molecule has 1 aromatic carbocycles. The lowest BCUT2D eigenvalue weighted by Gasteiger charge is -2.14. The first-order chi connectivity index (χ1) is 10.2. The van der Waals surface area contributed by atoms with Crippen molar-refractivity contribution < 1.29 is 9.59 Å². The number of hydrogen-bond acceptors (Lipinski definition) is 5. The predicted molar refractivity (Wildman–Crippen MR) is 82.0 cm³/mol. The van der Waals surface area contributed by atoms with E-state index in [1.807, 2.05) is 29.6 Å². The van der Waals surface area contributed by atoms with E-state index in [9.17, 15) is 9.59 Å². The number of carbonyl (C=O) groups is 2. The van der Waals surface area contributed by atoms with Gasteiger partial charge in [-0.3, -0.25) is 14.5 Å². The summed E-state index contributed by atoms with van der Waals surface area (Å²) in [4.78, 5) is 29.3. The Morgan fingerprint density at radius 3 is 2.67 bits per heavy atom. The molecule has 2 heterocycles. The van der Waals surface area contributed by atoms with Crippen molar-refractivity contribution in [3.63, 3.8) is 0 Å². The molecule has 1 N–H and O–H groups in total. The van der Waals surface area contributed by atoms with Crippen LogP contribution < -0.4 is 5.32 Å². The molecule has 21 heavy (non-hydrogen) atoms. The van der Waals surface area contributed by atoms with Crippen LogP contribution in [0.1, 0.15) is 13.3 Å². The molecule has 1 aliphatic heterocycles. The summed E-state index contributed by atoms with van der Waals surface area (Å²) in [5.41, 5.74) is 1.87. The van der Waals surface area contributed by atoms with Gasteiger partial charge in [0, 0.05) is 29.4 Å². The summed E-state index contributed by atoms with van der Waals surface area (Å²) in [6.45, 7) is 2.24. The van der Waals surface area contributed by atoms with Gasteiger partial charge < -0.3 is 5.32 Å². The first-order valence-corrected chi connectivity index (χ1v) is 7.67. The quantitative estimate of drug-likeness (QED) is 0.881. The van der Waals surface area contributed by atoms with Crippen molar-refractivity contribution in [3.8, 4) is 10.6 Å². The van der Waals surface area contributed by atoms with Crippen molar-refractivity contribution in [3.05, 3.63) is 35.8 Å². The van der Waals surface area contributed by atoms with E-state index in [0.29, 0.717) is 6.54 Å². The maximum absolute atomic E-state index is 12.0. The van der Waals surface area contributed by atoms with Gasteiger partial charge in [0.05, 0.1) is 6.42 Å². The lowest BCUT2D eigenvalue weighted by atomic mass is 10.2. The van der Waals surface area contributed by atoms with Gasteiger partial charge in [0.15, 0.2) is 0 Å². The van der Waals surface area contributed by atoms with E-state index in [2.05, 4.69) is 10.3 Å². The Hall–Kier alpha value is -2.21. The highest BCUT2D eigenvalue weighted by molar-refractivity contribution is 7.13. The van der Waals surface area contributed by atoms with E-state index in [1.165, 1.54) is 4.90 Å². The third kappa shape index (κ3) is 2.67. The first kappa shape index (κ1) is 13.8. The molecule has 0 spiro atoms. The zero-order valence-electron chi connectivity index (χ0n) is 11.6. The number of thiazole rings is 1. The Bertz CT molecular complexity index is 652. The van der Waals surface area contributed by atoms with Crippen LogP contribution in [0.3, 0.4) is 0 Å². The summed E-state index contributed by atoms with van der Waals surface area (Å²) in [6, 6.07) is 7.27. The van der Waals surface area contributed by atoms with Gasteiger partial charge in [-0.15, -0.1) is 11.3 Å². The van der Waals surface area contributed by atoms with Crippen LogP contribution in [0.25, 0.3) is 10.6 Å². The van der Waals surface area contributed by atoms with Crippen molar-refractivity contribution in [1.29, 1.82) is 0 Å². The molecule has 1 aromatic heterocycles. The summed E-state index contributed by atoms with van der Waals surface area (Å²) < 4.78 is 0. The van der Waals surface area contributed by atoms with Crippen molar-refractivity contribution >= 4 is 28.8 Å². The summed E-state index contributed by atoms with van der Waals surface area (Å²) in [7, 11) is 0. The molecule has 0 saturated carbocycles. The number of likely N-dealkylation sites (N-methyl/N-ethyl adjacent to an activating group) is 1. The van der Waals surface area contributed by atoms with Crippen LogP contribution >= 0.6 is 11.3 Å². The van der Waals surface area contributed by atoms with Crippen LogP contribution in [0, 0.1) is 0 Å². The normalized spacial score (nSPS) is 18.3. The molecule has 3 rings (SSSR count). The van der Waals surface area contributed by atoms with Gasteiger partial charge >= 0.3 is 0 Å². The molecule has 1 saturated heterocycles. The number of aromatic nitrogens is 1. The molecule has 1 aliphatic rings. The highest BCUT2D eigenvalue weighted by atomic mass is 32.1. The molecule has 1 unspecified atom stereocenters. The number of likely N-dealkylation sites (tertiary alicyclic amines) is 1. The lowest BCUT2D eigenvalue weighted by molar-refractivity contribution is -0.138. The van der Waals surface area contributed by atoms with Gasteiger partial charge in [-0.25, -0.2) is 4.98 Å². The smallest absolute Gasteiger partial charge is 0.252 e. The molecule has 5 nitrogen and oxygen atoms in total. The molecule has 0 radical (unpaired) electrons. The fraction of sp³-hybridized carbons (Fsp3) is 0.267. The minimum atomic E-state index is -0.455. The van der Waals surface area contributed by atoms with E-state index in [0.717, 1.165) is 16.3 Å². The van der Waals surface area contributed by atoms with Gasteiger partial charge in [0.1, 0.15) is 11.0 Å². The number of benzene rings is 1. The van der Waals surface area contributed by atoms with Crippen molar-refractivity contribution in [2.75, 3.05) is 11.9 Å². The fourth-order valence-electron chi connectivity index (χ4n) is 2.40. The zero-order chi connectivity index (χ0) is 14.8. The van der Waals surface area contributed by atoms with Gasteiger partial charge in [-0.05, 0) is 31.2 Å². The molecule has 6 heteroatoms. The lowest BCUT2D eigenvalue weighted by Crippen LogP contribution is -2.34. The van der Waals surface area contributed by atoms with E-state index < -0.39 is 6.04 Å². The average molecular weight is 301 g/mol. The van der Waals surface area contributed by atoms with E-state index >= 15 is 0 Å². The standard InChI is InChI=1S/C15H15N3O2S/c1-2-18-13(19)9-12(15(18)20)17-11-5-3-10(4-6-11)14-16-7-8-21-14/h3-8,12,17H,2,9H2,1H3. The van der Waals surface area contributed by atoms with Crippen LogP contribution in [0.4, 0.5) is 5.69 Å². The van der Waals surface area contributed by atoms with Gasteiger partial charge in [0.25, 0.3) is 5.91 Å². The molecule has 0 bridgehead atoms. The van der Waals surface area contributed by atoms with Gasteiger partial charge in [-0.1, -0.05) is 0 Å². The second-order valence-corrected chi connectivity index (χ2v) is 5.69. The molecular weight excluding hydrogens is 286 g/mol. The molecular formula is C15H15N3O2S. The summed E-state index contributed by atoms with van der Waals surface area (Å²) in [5, 5.41) is 6.03. The number of imide groups is 1.